The average Bonchev–Trinajstić information content (AvgIpc) is 4.28. The number of nitrogen functional groups attached to an aromatic ring is 2. The van der Waals surface area contributed by atoms with E-state index in [1.807, 2.05) is 87.0 Å². The van der Waals surface area contributed by atoms with Gasteiger partial charge in [0, 0.05) is 17.7 Å². The second-order valence-corrected chi connectivity index (χ2v) is 20.5. The summed E-state index contributed by atoms with van der Waals surface area (Å²) in [7, 11) is -1.75. The molecule has 8 heterocycles. The minimum atomic E-state index is -1.75. The van der Waals surface area contributed by atoms with Crippen molar-refractivity contribution in [1.82, 2.24) is 58.6 Å². The van der Waals surface area contributed by atoms with Crippen LogP contribution >= 0.6 is 45.3 Å². The van der Waals surface area contributed by atoms with Crippen LogP contribution in [0.15, 0.2) is 118 Å². The number of nitrogens with zero attached hydrogens (tertiary/aromatic N) is 12. The fourth-order valence-corrected chi connectivity index (χ4v) is 11.5. The van der Waals surface area contributed by atoms with Crippen molar-refractivity contribution in [3.63, 3.8) is 0 Å². The molecule has 0 fully saturated rings. The van der Waals surface area contributed by atoms with Crippen molar-refractivity contribution in [3.05, 3.63) is 178 Å². The summed E-state index contributed by atoms with van der Waals surface area (Å²) in [5.74, 6) is -0.331. The Bertz CT molecular complexity index is 4410. The highest BCUT2D eigenvalue weighted by atomic mass is 127. The number of halogens is 3. The summed E-state index contributed by atoms with van der Waals surface area (Å²) >= 11 is 4.99. The van der Waals surface area contributed by atoms with Crippen LogP contribution in [-0.4, -0.2) is 86.0 Å². The van der Waals surface area contributed by atoms with Crippen molar-refractivity contribution < 1.29 is 29.0 Å². The fraction of sp³-hybridized carbons (Fsp3) is 0.115. The van der Waals surface area contributed by atoms with Crippen molar-refractivity contribution in [1.29, 1.82) is 0 Å². The first-order chi connectivity index (χ1) is 37.4. The van der Waals surface area contributed by atoms with E-state index in [0.717, 1.165) is 57.0 Å². The Morgan fingerprint density at radius 2 is 1.08 bits per heavy atom. The summed E-state index contributed by atoms with van der Waals surface area (Å²) in [5.41, 5.74) is 18.7. The van der Waals surface area contributed by atoms with Gasteiger partial charge in [-0.05, 0) is 125 Å². The zero-order valence-electron chi connectivity index (χ0n) is 41.5. The molecular weight excluding hydrogens is 1160 g/mol. The maximum atomic E-state index is 14.1. The Kier molecular flexibility index (Phi) is 14.5. The van der Waals surface area contributed by atoms with E-state index in [1.54, 1.807) is 18.5 Å². The number of aryl methyl sites for hydroxylation is 4. The van der Waals surface area contributed by atoms with Crippen LogP contribution in [0.25, 0.3) is 65.1 Å². The Morgan fingerprint density at radius 1 is 0.603 bits per heavy atom. The number of thiophene rings is 2. The highest BCUT2D eigenvalue weighted by Gasteiger charge is 2.24. The summed E-state index contributed by atoms with van der Waals surface area (Å²) in [6.07, 6.45) is 2.73. The highest BCUT2D eigenvalue weighted by molar-refractivity contribution is 14.1. The Hall–Kier alpha value is -8.57. The third kappa shape index (κ3) is 10.1. The lowest BCUT2D eigenvalue weighted by Crippen LogP contribution is -2.29. The molecule has 0 aliphatic heterocycles. The van der Waals surface area contributed by atoms with Crippen LogP contribution in [0.1, 0.15) is 33.9 Å². The summed E-state index contributed by atoms with van der Waals surface area (Å²) in [6.45, 7) is 8.09. The Balaban J connectivity index is 0.000000150. The molecule has 0 saturated carbocycles. The summed E-state index contributed by atoms with van der Waals surface area (Å²) < 4.78 is 33.8. The molecule has 0 bridgehead atoms. The van der Waals surface area contributed by atoms with Gasteiger partial charge in [0.2, 0.25) is 0 Å². The van der Waals surface area contributed by atoms with E-state index in [0.29, 0.717) is 75.8 Å². The number of aromatic nitrogens is 12. The molecule has 0 aliphatic carbocycles. The SMILES string of the molecule is Cc1ccccc1-n1c(Cn2nc(-c3cc(O)cc(F)c3)c3c(N)ncnc32)nc2scc(C)c2c1=O.Cc1ccccc1-n1c(Cn2nc(I)c3c(N)ncnc32)nc2scc(C)c2c1=O.OB(O)c1cc(O)cc(F)c1. The smallest absolute Gasteiger partial charge is 0.488 e. The van der Waals surface area contributed by atoms with Crippen molar-refractivity contribution in [3.8, 4) is 34.1 Å². The van der Waals surface area contributed by atoms with Crippen LogP contribution in [-0.2, 0) is 13.1 Å². The first-order valence-corrected chi connectivity index (χ1v) is 26.3. The first-order valence-electron chi connectivity index (χ1n) is 23.4. The Labute approximate surface area is 461 Å². The molecule has 12 aromatic rings. The number of phenolic OH excluding ortho intramolecular Hbond substituents is 2. The molecule has 0 radical (unpaired) electrons. The van der Waals surface area contributed by atoms with Gasteiger partial charge in [-0.25, -0.2) is 48.0 Å². The minimum Gasteiger partial charge on any atom is -0.508 e. The third-order valence-electron chi connectivity index (χ3n) is 12.5. The van der Waals surface area contributed by atoms with Crippen LogP contribution in [0.3, 0.4) is 0 Å². The van der Waals surface area contributed by atoms with Gasteiger partial charge >= 0.3 is 7.12 Å². The van der Waals surface area contributed by atoms with Crippen LogP contribution in [0.2, 0.25) is 0 Å². The fourth-order valence-electron chi connectivity index (χ4n) is 8.84. The predicted octanol–water partition coefficient (Wildman–Crippen LogP) is 7.00. The maximum Gasteiger partial charge on any atom is 0.488 e. The number of rotatable bonds is 8. The summed E-state index contributed by atoms with van der Waals surface area (Å²) in [6, 6.07) is 21.9. The van der Waals surface area contributed by atoms with Gasteiger partial charge < -0.3 is 31.7 Å². The zero-order valence-corrected chi connectivity index (χ0v) is 45.3. The lowest BCUT2D eigenvalue weighted by atomic mass is 9.80. The molecule has 12 rings (SSSR count). The molecule has 0 saturated heterocycles. The van der Waals surface area contributed by atoms with Crippen LogP contribution in [0.4, 0.5) is 20.4 Å². The molecule has 78 heavy (non-hydrogen) atoms. The minimum absolute atomic E-state index is 0.0671. The second kappa shape index (κ2) is 21.5. The molecule has 8 aromatic heterocycles. The number of phenols is 2. The summed E-state index contributed by atoms with van der Waals surface area (Å²) in [4.78, 5) is 55.3. The van der Waals surface area contributed by atoms with Crippen molar-refractivity contribution in [2.75, 3.05) is 11.5 Å². The number of hydrogen-bond acceptors (Lipinski definition) is 18. The molecule has 0 atom stereocenters. The number of para-hydroxylation sites is 2. The molecule has 0 aliphatic rings. The Morgan fingerprint density at radius 3 is 1.58 bits per heavy atom. The van der Waals surface area contributed by atoms with Crippen LogP contribution in [0, 0.1) is 43.0 Å². The lowest BCUT2D eigenvalue weighted by molar-refractivity contribution is 0.423. The van der Waals surface area contributed by atoms with Gasteiger partial charge in [0.05, 0.1) is 32.9 Å². The largest absolute Gasteiger partial charge is 0.508 e. The van der Waals surface area contributed by atoms with Gasteiger partial charge in [-0.15, -0.1) is 22.7 Å². The van der Waals surface area contributed by atoms with Crippen LogP contribution < -0.4 is 28.0 Å². The molecule has 26 heteroatoms. The van der Waals surface area contributed by atoms with E-state index < -0.39 is 18.8 Å². The van der Waals surface area contributed by atoms with Gasteiger partial charge in [-0.2, -0.15) is 10.2 Å². The van der Waals surface area contributed by atoms with E-state index in [2.05, 4.69) is 52.7 Å². The number of aromatic hydroxyl groups is 2. The lowest BCUT2D eigenvalue weighted by Gasteiger charge is -2.15. The van der Waals surface area contributed by atoms with E-state index in [9.17, 15) is 23.5 Å². The molecule has 4 aromatic carbocycles. The monoisotopic (exact) mass is 1200 g/mol. The van der Waals surface area contributed by atoms with Gasteiger partial charge in [0.1, 0.15) is 91.2 Å². The summed E-state index contributed by atoms with van der Waals surface area (Å²) in [5, 5.41) is 51.3. The standard InChI is InChI=1S/C26H20FN7O2S.C20H16IN7OS.C6H6BFO3/c1-13-5-3-4-6-18(13)34-19(31-25-20(26(34)36)14(2)11-37-25)10-33-24-21(23(28)29-12-30-24)22(32-33)15-7-16(27)9-17(35)8-15;1-10-5-3-4-6-12(10)28-13(25-19-14(20(28)29)11(2)8-30-19)7-27-18-15(16(21)26-27)17(22)23-9-24-18;8-5-1-4(7(10)11)2-6(9)3-5/h3-9,11-12,35H,10H2,1-2H3,(H2,28,29,30);3-6,8-9H,7H2,1-2H3,(H2,22,23,24);1-3,9-11H. The molecule has 392 valence electrons. The number of hydrogen-bond donors (Lipinski definition) is 6. The number of benzene rings is 4. The molecule has 0 unspecified atom stereocenters. The van der Waals surface area contributed by atoms with Crippen LogP contribution in [0.5, 0.6) is 11.5 Å². The molecule has 0 spiro atoms. The molecule has 20 nitrogen and oxygen atoms in total. The van der Waals surface area contributed by atoms with E-state index in [4.69, 9.17) is 36.6 Å². The third-order valence-corrected chi connectivity index (χ3v) is 15.2. The van der Waals surface area contributed by atoms with Gasteiger partial charge in [-0.1, -0.05) is 36.4 Å². The van der Waals surface area contributed by atoms with Gasteiger partial charge in [0.25, 0.3) is 11.1 Å². The quantitative estimate of drug-likeness (QED) is 0.0660. The number of fused-ring (bicyclic) bond motifs is 4. The highest BCUT2D eigenvalue weighted by Crippen LogP contribution is 2.34. The topological polar surface area (TPSA) is 290 Å². The van der Waals surface area contributed by atoms with Crippen molar-refractivity contribution in [2.24, 2.45) is 0 Å². The van der Waals surface area contributed by atoms with Gasteiger partial charge in [0.15, 0.2) is 11.3 Å². The predicted molar refractivity (Wildman–Crippen MR) is 305 cm³/mol. The van der Waals surface area contributed by atoms with Crippen molar-refractivity contribution >= 4 is 112 Å². The van der Waals surface area contributed by atoms with E-state index >= 15 is 0 Å². The van der Waals surface area contributed by atoms with E-state index in [1.165, 1.54) is 47.5 Å². The van der Waals surface area contributed by atoms with E-state index in [-0.39, 0.29) is 47.0 Å². The average molecular weight is 1200 g/mol. The molecule has 0 amide bonds. The maximum absolute atomic E-state index is 14.1. The first kappa shape index (κ1) is 52.9. The van der Waals surface area contributed by atoms with Gasteiger partial charge in [-0.3, -0.25) is 18.7 Å². The number of anilines is 2. The molecule has 8 N–H and O–H groups in total. The zero-order chi connectivity index (χ0) is 55.3. The van der Waals surface area contributed by atoms with Crippen molar-refractivity contribution in [2.45, 2.75) is 40.8 Å². The normalized spacial score (nSPS) is 11.3. The second-order valence-electron chi connectivity index (χ2n) is 17.8. The number of nitrogens with two attached hydrogens (primary N) is 2. The molecular formula is C52H42BF2IN14O6S2.